The van der Waals surface area contributed by atoms with Crippen LogP contribution in [-0.2, 0) is 26.5 Å². The van der Waals surface area contributed by atoms with Gasteiger partial charge in [-0.2, -0.15) is 0 Å². The summed E-state index contributed by atoms with van der Waals surface area (Å²) in [5.41, 5.74) is 3.67. The molecule has 1 unspecified atom stereocenters. The number of hydrogen-bond acceptors (Lipinski definition) is 4. The largest absolute Gasteiger partial charge is 0.508 e. The van der Waals surface area contributed by atoms with E-state index in [2.05, 4.69) is 31.7 Å². The highest BCUT2D eigenvalue weighted by Gasteiger charge is 2.57. The van der Waals surface area contributed by atoms with Gasteiger partial charge >= 0.3 is 0 Å². The SMILES string of the molecule is Cc1ccc(C)c(S(=O)(=O)CC2CC[C@@H](C(=O)N3CC[C@@]4(C)c5cccc(O)c5C[C@@H]3C4(C)C)C2)c1. The van der Waals surface area contributed by atoms with Crippen LogP contribution in [0.4, 0.5) is 0 Å². The smallest absolute Gasteiger partial charge is 0.225 e. The summed E-state index contributed by atoms with van der Waals surface area (Å²) < 4.78 is 26.5. The third-order valence-corrected chi connectivity index (χ3v) is 12.0. The Morgan fingerprint density at radius 1 is 1.11 bits per heavy atom. The molecule has 1 saturated heterocycles. The molecule has 4 atom stereocenters. The van der Waals surface area contributed by atoms with E-state index in [1.54, 1.807) is 12.1 Å². The van der Waals surface area contributed by atoms with Gasteiger partial charge < -0.3 is 10.0 Å². The number of rotatable bonds is 4. The Bertz CT molecular complexity index is 1310. The van der Waals surface area contributed by atoms with Crippen LogP contribution in [0.1, 0.15) is 68.7 Å². The number of fused-ring (bicyclic) bond motifs is 4. The molecule has 2 aliphatic carbocycles. The van der Waals surface area contributed by atoms with Crippen molar-refractivity contribution in [2.24, 2.45) is 17.3 Å². The number of carbonyl (C=O) groups excluding carboxylic acids is 1. The number of sulfone groups is 1. The molecule has 5 rings (SSSR count). The first kappa shape index (κ1) is 25.3. The van der Waals surface area contributed by atoms with Crippen LogP contribution in [0, 0.1) is 31.1 Å². The number of benzene rings is 2. The van der Waals surface area contributed by atoms with Gasteiger partial charge in [0.15, 0.2) is 9.84 Å². The molecule has 1 aliphatic heterocycles. The second-order valence-corrected chi connectivity index (χ2v) is 14.3. The Morgan fingerprint density at radius 3 is 2.61 bits per heavy atom. The van der Waals surface area contributed by atoms with Gasteiger partial charge in [-0.1, -0.05) is 45.0 Å². The third kappa shape index (κ3) is 3.87. The molecule has 1 heterocycles. The van der Waals surface area contributed by atoms with E-state index in [0.717, 1.165) is 36.0 Å². The van der Waals surface area contributed by atoms with Crippen molar-refractivity contribution in [3.63, 3.8) is 0 Å². The molecule has 0 aromatic heterocycles. The van der Waals surface area contributed by atoms with Crippen molar-refractivity contribution in [3.05, 3.63) is 58.7 Å². The lowest BCUT2D eigenvalue weighted by atomic mass is 9.51. The van der Waals surface area contributed by atoms with Gasteiger partial charge in [0.25, 0.3) is 0 Å². The quantitative estimate of drug-likeness (QED) is 0.604. The maximum absolute atomic E-state index is 13.9. The van der Waals surface area contributed by atoms with E-state index in [1.165, 1.54) is 5.56 Å². The number of amides is 1. The summed E-state index contributed by atoms with van der Waals surface area (Å²) in [4.78, 5) is 16.4. The summed E-state index contributed by atoms with van der Waals surface area (Å²) in [5, 5.41) is 10.6. The summed E-state index contributed by atoms with van der Waals surface area (Å²) in [6, 6.07) is 11.4. The van der Waals surface area contributed by atoms with Crippen LogP contribution >= 0.6 is 0 Å². The van der Waals surface area contributed by atoms with Crippen molar-refractivity contribution in [3.8, 4) is 5.75 Å². The summed E-state index contributed by atoms with van der Waals surface area (Å²) >= 11 is 0. The van der Waals surface area contributed by atoms with Crippen LogP contribution in [0.3, 0.4) is 0 Å². The van der Waals surface area contributed by atoms with Crippen molar-refractivity contribution in [1.29, 1.82) is 0 Å². The second-order valence-electron chi connectivity index (χ2n) is 12.3. The monoisotopic (exact) mass is 509 g/mol. The molecule has 0 spiro atoms. The van der Waals surface area contributed by atoms with Gasteiger partial charge in [-0.25, -0.2) is 8.42 Å². The first-order chi connectivity index (χ1) is 16.8. The number of nitrogens with zero attached hydrogens (tertiary/aromatic N) is 1. The molecule has 2 bridgehead atoms. The highest BCUT2D eigenvalue weighted by molar-refractivity contribution is 7.91. The third-order valence-electron chi connectivity index (χ3n) is 9.93. The minimum absolute atomic E-state index is 0.00283. The van der Waals surface area contributed by atoms with Gasteiger partial charge in [0.1, 0.15) is 5.75 Å². The van der Waals surface area contributed by atoms with Gasteiger partial charge in [-0.05, 0) is 91.7 Å². The van der Waals surface area contributed by atoms with Gasteiger partial charge in [-0.3, -0.25) is 4.79 Å². The van der Waals surface area contributed by atoms with Gasteiger partial charge in [0.2, 0.25) is 5.91 Å². The molecule has 3 aliphatic rings. The summed E-state index contributed by atoms with van der Waals surface area (Å²) in [6.07, 6.45) is 3.66. The van der Waals surface area contributed by atoms with Crippen LogP contribution in [0.15, 0.2) is 41.3 Å². The van der Waals surface area contributed by atoms with E-state index in [1.807, 2.05) is 32.0 Å². The standard InChI is InChI=1S/C30H39NO4S/c1-19-9-10-20(2)26(15-19)36(34,35)18-21-11-12-22(16-21)28(33)31-14-13-30(5)24-7-6-8-25(32)23(24)17-27(31)29(30,3)4/h6-10,15,21-22,27,32H,11-14,16-18H2,1-5H3/t21?,22-,27-,30+/m1/s1. The Kier molecular flexibility index (Phi) is 6.06. The van der Waals surface area contributed by atoms with Gasteiger partial charge in [0.05, 0.1) is 10.6 Å². The highest BCUT2D eigenvalue weighted by atomic mass is 32.2. The highest BCUT2D eigenvalue weighted by Crippen LogP contribution is 2.57. The minimum atomic E-state index is -3.40. The molecule has 36 heavy (non-hydrogen) atoms. The van der Waals surface area contributed by atoms with Crippen LogP contribution < -0.4 is 0 Å². The van der Waals surface area contributed by atoms with Gasteiger partial charge in [0, 0.05) is 23.9 Å². The molecule has 5 nitrogen and oxygen atoms in total. The molecule has 0 radical (unpaired) electrons. The fourth-order valence-corrected chi connectivity index (χ4v) is 9.34. The number of carbonyl (C=O) groups is 1. The Hall–Kier alpha value is -2.34. The van der Waals surface area contributed by atoms with E-state index in [-0.39, 0.29) is 40.4 Å². The molecule has 1 saturated carbocycles. The zero-order valence-electron chi connectivity index (χ0n) is 22.2. The zero-order valence-corrected chi connectivity index (χ0v) is 23.0. The lowest BCUT2D eigenvalue weighted by Gasteiger charge is -2.61. The first-order valence-electron chi connectivity index (χ1n) is 13.3. The maximum atomic E-state index is 13.9. The van der Waals surface area contributed by atoms with E-state index < -0.39 is 9.84 Å². The van der Waals surface area contributed by atoms with Gasteiger partial charge in [-0.15, -0.1) is 0 Å². The molecule has 194 valence electrons. The predicted octanol–water partition coefficient (Wildman–Crippen LogP) is 5.34. The summed E-state index contributed by atoms with van der Waals surface area (Å²) in [5.74, 6) is 0.472. The molecule has 2 fully saturated rings. The maximum Gasteiger partial charge on any atom is 0.225 e. The van der Waals surface area contributed by atoms with E-state index in [4.69, 9.17) is 0 Å². The average molecular weight is 510 g/mol. The number of phenols is 1. The molecule has 2 aromatic carbocycles. The number of phenolic OH excluding ortho intramolecular Hbond substituents is 1. The van der Waals surface area contributed by atoms with Crippen molar-refractivity contribution in [1.82, 2.24) is 4.90 Å². The fourth-order valence-electron chi connectivity index (χ4n) is 7.32. The van der Waals surface area contributed by atoms with Crippen molar-refractivity contribution in [2.45, 2.75) is 83.1 Å². The molecule has 2 aromatic rings. The number of likely N-dealkylation sites (tertiary alicyclic amines) is 1. The van der Waals surface area contributed by atoms with Crippen LogP contribution in [-0.4, -0.2) is 42.7 Å². The molecule has 1 N–H and O–H groups in total. The minimum Gasteiger partial charge on any atom is -0.508 e. The number of piperidine rings is 1. The van der Waals surface area contributed by atoms with E-state index in [0.29, 0.717) is 30.0 Å². The normalized spacial score (nSPS) is 29.1. The Labute approximate surface area is 215 Å². The Balaban J connectivity index is 1.34. The topological polar surface area (TPSA) is 74.7 Å². The zero-order chi connectivity index (χ0) is 26.0. The number of hydrogen-bond donors (Lipinski definition) is 1. The number of aromatic hydroxyl groups is 1. The first-order valence-corrected chi connectivity index (χ1v) is 14.9. The molecule has 6 heteroatoms. The van der Waals surface area contributed by atoms with Crippen LogP contribution in [0.5, 0.6) is 5.75 Å². The average Bonchev–Trinajstić information content (AvgIpc) is 3.25. The summed E-state index contributed by atoms with van der Waals surface area (Å²) in [7, 11) is -3.40. The lowest BCUT2D eigenvalue weighted by Crippen LogP contribution is -2.65. The molecular formula is C30H39NO4S. The van der Waals surface area contributed by atoms with E-state index >= 15 is 0 Å². The van der Waals surface area contributed by atoms with E-state index in [9.17, 15) is 18.3 Å². The summed E-state index contributed by atoms with van der Waals surface area (Å²) in [6.45, 7) is 11.3. The van der Waals surface area contributed by atoms with Crippen LogP contribution in [0.2, 0.25) is 0 Å². The Morgan fingerprint density at radius 2 is 1.86 bits per heavy atom. The second kappa shape index (κ2) is 8.61. The van der Waals surface area contributed by atoms with Crippen molar-refractivity contribution >= 4 is 15.7 Å². The fraction of sp³-hybridized carbons (Fsp3) is 0.567. The lowest BCUT2D eigenvalue weighted by molar-refractivity contribution is -0.148. The molecular weight excluding hydrogens is 470 g/mol. The van der Waals surface area contributed by atoms with Crippen molar-refractivity contribution in [2.75, 3.05) is 12.3 Å². The van der Waals surface area contributed by atoms with Crippen molar-refractivity contribution < 1.29 is 18.3 Å². The number of aryl methyl sites for hydroxylation is 2. The molecule has 1 amide bonds. The predicted molar refractivity (Wildman–Crippen MR) is 142 cm³/mol. The van der Waals surface area contributed by atoms with Crippen LogP contribution in [0.25, 0.3) is 0 Å².